The number of aromatic nitrogens is 3. The number of benzene rings is 1. The molecule has 1 aromatic carbocycles. The van der Waals surface area contributed by atoms with Crippen molar-refractivity contribution in [1.82, 2.24) is 15.0 Å². The summed E-state index contributed by atoms with van der Waals surface area (Å²) in [5.41, 5.74) is 2.94. The number of nitrogens with zero attached hydrogens (tertiary/aromatic N) is 3. The quantitative estimate of drug-likeness (QED) is 0.694. The molecule has 0 amide bonds. The molecule has 2 heterocycles. The van der Waals surface area contributed by atoms with E-state index in [0.29, 0.717) is 17.3 Å². The van der Waals surface area contributed by atoms with Crippen molar-refractivity contribution in [2.45, 2.75) is 20.8 Å². The first-order valence-corrected chi connectivity index (χ1v) is 8.50. The van der Waals surface area contributed by atoms with E-state index in [0.717, 1.165) is 16.9 Å². The second-order valence-electron chi connectivity index (χ2n) is 5.31. The molecule has 0 bridgehead atoms. The number of nitrogens with one attached hydrogen (secondary N) is 1. The molecule has 7 nitrogen and oxygen atoms in total. The zero-order chi connectivity index (χ0) is 19.8. The summed E-state index contributed by atoms with van der Waals surface area (Å²) in [5.74, 6) is 0.118. The van der Waals surface area contributed by atoms with E-state index in [1.165, 1.54) is 6.07 Å². The molecule has 140 valence electrons. The number of anilines is 2. The summed E-state index contributed by atoms with van der Waals surface area (Å²) in [6.07, 6.45) is 4.93. The summed E-state index contributed by atoms with van der Waals surface area (Å²) in [4.78, 5) is 23.8. The summed E-state index contributed by atoms with van der Waals surface area (Å²) in [6, 6.07) is 9.09. The monoisotopic (exact) mass is 366 g/mol. The second-order valence-corrected chi connectivity index (χ2v) is 5.31. The SMILES string of the molecule is CC.COc1ccc(-c2cnc(Nc3cnc(C)c(C(=O)O)c3)nc2)cc1. The second kappa shape index (κ2) is 9.28. The molecule has 0 atom stereocenters. The highest BCUT2D eigenvalue weighted by Gasteiger charge is 2.10. The summed E-state index contributed by atoms with van der Waals surface area (Å²) in [5, 5.41) is 12.1. The first kappa shape index (κ1) is 19.8. The Balaban J connectivity index is 0.00000126. The third-order valence-corrected chi connectivity index (χ3v) is 3.65. The van der Waals surface area contributed by atoms with Crippen molar-refractivity contribution in [2.75, 3.05) is 12.4 Å². The smallest absolute Gasteiger partial charge is 0.337 e. The van der Waals surface area contributed by atoms with Crippen LogP contribution in [-0.2, 0) is 0 Å². The molecule has 7 heteroatoms. The van der Waals surface area contributed by atoms with Gasteiger partial charge in [0.05, 0.1) is 30.3 Å². The molecule has 0 unspecified atom stereocenters. The minimum absolute atomic E-state index is 0.139. The van der Waals surface area contributed by atoms with Gasteiger partial charge in [0.1, 0.15) is 5.75 Å². The lowest BCUT2D eigenvalue weighted by Crippen LogP contribution is -2.04. The number of rotatable bonds is 5. The molecule has 2 N–H and O–H groups in total. The Kier molecular flexibility index (Phi) is 6.82. The predicted molar refractivity (Wildman–Crippen MR) is 105 cm³/mol. The number of aromatic carboxylic acids is 1. The Morgan fingerprint density at radius 3 is 2.19 bits per heavy atom. The van der Waals surface area contributed by atoms with Crippen LogP contribution in [-0.4, -0.2) is 33.1 Å². The Hall–Kier alpha value is -3.48. The van der Waals surface area contributed by atoms with Gasteiger partial charge in [0.15, 0.2) is 0 Å². The van der Waals surface area contributed by atoms with Crippen LogP contribution in [0.5, 0.6) is 5.75 Å². The molecule has 0 saturated carbocycles. The van der Waals surface area contributed by atoms with E-state index in [2.05, 4.69) is 20.3 Å². The van der Waals surface area contributed by atoms with Crippen LogP contribution in [0.2, 0.25) is 0 Å². The van der Waals surface area contributed by atoms with Crippen molar-refractivity contribution < 1.29 is 14.6 Å². The number of ether oxygens (including phenoxy) is 1. The van der Waals surface area contributed by atoms with E-state index < -0.39 is 5.97 Å². The normalized spacial score (nSPS) is 9.78. The largest absolute Gasteiger partial charge is 0.497 e. The summed E-state index contributed by atoms with van der Waals surface area (Å²) in [6.45, 7) is 5.65. The van der Waals surface area contributed by atoms with E-state index in [4.69, 9.17) is 9.84 Å². The zero-order valence-corrected chi connectivity index (χ0v) is 15.7. The third kappa shape index (κ3) is 5.01. The minimum Gasteiger partial charge on any atom is -0.497 e. The lowest BCUT2D eigenvalue weighted by atomic mass is 10.1. The number of aryl methyl sites for hydroxylation is 1. The van der Waals surface area contributed by atoms with E-state index >= 15 is 0 Å². The van der Waals surface area contributed by atoms with E-state index in [-0.39, 0.29) is 5.56 Å². The van der Waals surface area contributed by atoms with Gasteiger partial charge in [-0.3, -0.25) is 4.98 Å². The Morgan fingerprint density at radius 1 is 1.00 bits per heavy atom. The maximum Gasteiger partial charge on any atom is 0.337 e. The van der Waals surface area contributed by atoms with E-state index in [1.54, 1.807) is 32.6 Å². The number of hydrogen-bond acceptors (Lipinski definition) is 6. The third-order valence-electron chi connectivity index (χ3n) is 3.65. The topological polar surface area (TPSA) is 97.2 Å². The van der Waals surface area contributed by atoms with Crippen LogP contribution in [0.3, 0.4) is 0 Å². The Bertz CT molecular complexity index is 894. The number of methoxy groups -OCH3 is 1. The van der Waals surface area contributed by atoms with Gasteiger partial charge >= 0.3 is 5.97 Å². The van der Waals surface area contributed by atoms with Gasteiger partial charge in [0, 0.05) is 18.0 Å². The van der Waals surface area contributed by atoms with Gasteiger partial charge in [-0.05, 0) is 30.7 Å². The fourth-order valence-electron chi connectivity index (χ4n) is 2.27. The minimum atomic E-state index is -1.02. The molecular formula is C20H22N4O3. The Labute approximate surface area is 158 Å². The maximum absolute atomic E-state index is 11.2. The van der Waals surface area contributed by atoms with Gasteiger partial charge in [-0.15, -0.1) is 0 Å². The van der Waals surface area contributed by atoms with Crippen molar-refractivity contribution in [3.63, 3.8) is 0 Å². The summed E-state index contributed by atoms with van der Waals surface area (Å²) >= 11 is 0. The van der Waals surface area contributed by atoms with Crippen molar-refractivity contribution >= 4 is 17.6 Å². The fraction of sp³-hybridized carbons (Fsp3) is 0.200. The van der Waals surface area contributed by atoms with Crippen LogP contribution in [0.25, 0.3) is 11.1 Å². The van der Waals surface area contributed by atoms with E-state index in [1.807, 2.05) is 38.1 Å². The molecule has 0 aliphatic heterocycles. The Morgan fingerprint density at radius 2 is 1.63 bits per heavy atom. The average molecular weight is 366 g/mol. The highest BCUT2D eigenvalue weighted by Crippen LogP contribution is 2.22. The molecule has 0 spiro atoms. The van der Waals surface area contributed by atoms with Gasteiger partial charge in [0.2, 0.25) is 5.95 Å². The standard InChI is InChI=1S/C18H16N4O3.C2H6/c1-11-16(17(23)24)7-14(10-19-11)22-18-20-8-13(9-21-18)12-3-5-15(25-2)6-4-12;1-2/h3-10H,1-2H3,(H,23,24)(H,20,21,22);1-2H3. The van der Waals surface area contributed by atoms with Crippen molar-refractivity contribution in [1.29, 1.82) is 0 Å². The lowest BCUT2D eigenvalue weighted by molar-refractivity contribution is 0.0695. The van der Waals surface area contributed by atoms with Gasteiger partial charge in [0.25, 0.3) is 0 Å². The van der Waals surface area contributed by atoms with Crippen LogP contribution < -0.4 is 10.1 Å². The predicted octanol–water partition coefficient (Wildman–Crippen LogP) is 4.32. The molecule has 0 radical (unpaired) electrons. The van der Waals surface area contributed by atoms with Crippen molar-refractivity contribution in [3.05, 3.63) is 60.2 Å². The number of pyridine rings is 1. The molecule has 0 aliphatic carbocycles. The number of carboxylic acid groups (broad SMARTS) is 1. The number of carboxylic acids is 1. The van der Waals surface area contributed by atoms with Crippen LogP contribution in [0.4, 0.5) is 11.6 Å². The molecule has 2 aromatic heterocycles. The molecule has 3 rings (SSSR count). The van der Waals surface area contributed by atoms with Crippen LogP contribution in [0.1, 0.15) is 29.9 Å². The molecule has 0 fully saturated rings. The molecule has 3 aromatic rings. The fourth-order valence-corrected chi connectivity index (χ4v) is 2.27. The molecule has 27 heavy (non-hydrogen) atoms. The van der Waals surface area contributed by atoms with Gasteiger partial charge in [-0.25, -0.2) is 14.8 Å². The van der Waals surface area contributed by atoms with Gasteiger partial charge in [-0.1, -0.05) is 26.0 Å². The average Bonchev–Trinajstić information content (AvgIpc) is 2.71. The number of hydrogen-bond donors (Lipinski definition) is 2. The summed E-state index contributed by atoms with van der Waals surface area (Å²) in [7, 11) is 1.62. The maximum atomic E-state index is 11.2. The number of carbonyl (C=O) groups is 1. The summed E-state index contributed by atoms with van der Waals surface area (Å²) < 4.78 is 5.14. The molecule has 0 saturated heterocycles. The van der Waals surface area contributed by atoms with Gasteiger partial charge in [-0.2, -0.15) is 0 Å². The van der Waals surface area contributed by atoms with E-state index in [9.17, 15) is 4.79 Å². The zero-order valence-electron chi connectivity index (χ0n) is 15.7. The highest BCUT2D eigenvalue weighted by molar-refractivity contribution is 5.90. The first-order chi connectivity index (χ1) is 13.1. The van der Waals surface area contributed by atoms with Crippen LogP contribution in [0, 0.1) is 6.92 Å². The van der Waals surface area contributed by atoms with Crippen molar-refractivity contribution in [2.24, 2.45) is 0 Å². The first-order valence-electron chi connectivity index (χ1n) is 8.50. The lowest BCUT2D eigenvalue weighted by Gasteiger charge is -2.08. The molecular weight excluding hydrogens is 344 g/mol. The van der Waals surface area contributed by atoms with Gasteiger partial charge < -0.3 is 15.2 Å². The highest BCUT2D eigenvalue weighted by atomic mass is 16.5. The van der Waals surface area contributed by atoms with Crippen LogP contribution >= 0.6 is 0 Å². The van der Waals surface area contributed by atoms with Crippen molar-refractivity contribution in [3.8, 4) is 16.9 Å². The van der Waals surface area contributed by atoms with Crippen LogP contribution in [0.15, 0.2) is 48.9 Å². The molecule has 0 aliphatic rings.